The summed E-state index contributed by atoms with van der Waals surface area (Å²) in [5.74, 6) is -2.08. The first-order chi connectivity index (χ1) is 21.8. The van der Waals surface area contributed by atoms with Crippen LogP contribution in [0.1, 0.15) is 60.8 Å². The van der Waals surface area contributed by atoms with Gasteiger partial charge in [-0.2, -0.15) is 31.3 Å². The smallest absolute Gasteiger partial charge is 0.481 e. The predicted octanol–water partition coefficient (Wildman–Crippen LogP) is 8.66. The lowest BCUT2D eigenvalue weighted by Gasteiger charge is -2.34. The zero-order valence-electron chi connectivity index (χ0n) is 25.5. The summed E-state index contributed by atoms with van der Waals surface area (Å²) in [4.78, 5) is 18.5. The fourth-order valence-electron chi connectivity index (χ4n) is 5.65. The zero-order chi connectivity index (χ0) is 34.7. The molecule has 0 bridgehead atoms. The number of carboxylic acids is 1. The maximum atomic E-state index is 13.6. The van der Waals surface area contributed by atoms with Crippen molar-refractivity contribution in [1.29, 1.82) is 0 Å². The number of carbonyl (C=O) groups is 1. The number of nitrogens with zero attached hydrogens (tertiary/aromatic N) is 4. The molecule has 0 saturated heterocycles. The molecule has 1 heterocycles. The number of hydrogen-bond donors (Lipinski definition) is 1. The van der Waals surface area contributed by atoms with Crippen molar-refractivity contribution in [2.24, 2.45) is 11.8 Å². The lowest BCUT2D eigenvalue weighted by molar-refractivity contribution is -0.274. The second-order valence-electron chi connectivity index (χ2n) is 11.3. The molecule has 0 aliphatic heterocycles. The number of ether oxygens (including phenoxy) is 1. The van der Waals surface area contributed by atoms with Crippen LogP contribution in [0.25, 0.3) is 0 Å². The van der Waals surface area contributed by atoms with Crippen LogP contribution in [0.3, 0.4) is 0 Å². The van der Waals surface area contributed by atoms with E-state index in [-0.39, 0.29) is 48.3 Å². The quantitative estimate of drug-likeness (QED) is 0.197. The van der Waals surface area contributed by atoms with Gasteiger partial charge in [0.25, 0.3) is 5.95 Å². The highest BCUT2D eigenvalue weighted by molar-refractivity contribution is 5.85. The first-order valence-electron chi connectivity index (χ1n) is 14.5. The van der Waals surface area contributed by atoms with Crippen LogP contribution in [-0.2, 0) is 30.2 Å². The van der Waals surface area contributed by atoms with Gasteiger partial charge < -0.3 is 24.2 Å². The van der Waals surface area contributed by atoms with Crippen LogP contribution in [0.15, 0.2) is 40.9 Å². The molecule has 18 heteroatoms. The van der Waals surface area contributed by atoms with E-state index in [1.807, 2.05) is 4.90 Å². The van der Waals surface area contributed by atoms with E-state index in [0.717, 1.165) is 12.1 Å². The number of aryl methyl sites for hydroxylation is 1. The molecule has 0 radical (unpaired) electrons. The number of anilines is 2. The Balaban J connectivity index is 0.00000625. The Morgan fingerprint density at radius 1 is 0.917 bits per heavy atom. The number of aromatic nitrogens is 2. The van der Waals surface area contributed by atoms with Crippen LogP contribution in [0.2, 0.25) is 0 Å². The molecule has 0 unspecified atom stereocenters. The summed E-state index contributed by atoms with van der Waals surface area (Å²) in [6.07, 6.45) is -13.1. The van der Waals surface area contributed by atoms with Gasteiger partial charge >= 0.3 is 24.7 Å². The van der Waals surface area contributed by atoms with Crippen molar-refractivity contribution in [2.75, 3.05) is 22.9 Å². The minimum absolute atomic E-state index is 0. The number of alkyl halides is 9. The van der Waals surface area contributed by atoms with Crippen LogP contribution in [-0.4, -0.2) is 40.7 Å². The van der Waals surface area contributed by atoms with Gasteiger partial charge in [0.05, 0.1) is 17.0 Å². The second kappa shape index (κ2) is 15.1. The Hall–Kier alpha value is -3.89. The van der Waals surface area contributed by atoms with E-state index in [0.29, 0.717) is 56.6 Å². The third kappa shape index (κ3) is 10.3. The Bertz CT molecular complexity index is 1510. The lowest BCUT2D eigenvalue weighted by Crippen LogP contribution is -2.34. The van der Waals surface area contributed by atoms with Gasteiger partial charge in [-0.15, -0.1) is 25.6 Å². The molecule has 8 nitrogen and oxygen atoms in total. The molecule has 266 valence electrons. The zero-order valence-corrected chi connectivity index (χ0v) is 26.4. The molecule has 1 aromatic heterocycles. The molecule has 2 aromatic carbocycles. The molecule has 3 aromatic rings. The number of halogens is 10. The van der Waals surface area contributed by atoms with Crippen LogP contribution in [0.5, 0.6) is 5.75 Å². The number of benzene rings is 2. The normalized spacial score (nSPS) is 17.1. The molecule has 1 aliphatic carbocycles. The van der Waals surface area contributed by atoms with Gasteiger partial charge in [-0.25, -0.2) is 0 Å². The first kappa shape index (κ1) is 38.6. The summed E-state index contributed by atoms with van der Waals surface area (Å²) in [6.45, 7) is 3.01. The van der Waals surface area contributed by atoms with Crippen LogP contribution in [0.4, 0.5) is 51.1 Å². The molecule has 0 spiro atoms. The molecule has 0 amide bonds. The summed E-state index contributed by atoms with van der Waals surface area (Å²) in [7, 11) is 0. The molecular formula is C30H32ClF9N4O4. The summed E-state index contributed by atoms with van der Waals surface area (Å²) in [5.41, 5.74) is -2.89. The molecular weight excluding hydrogens is 687 g/mol. The van der Waals surface area contributed by atoms with Crippen molar-refractivity contribution in [3.63, 3.8) is 0 Å². The summed E-state index contributed by atoms with van der Waals surface area (Å²) < 4.78 is 130. The SMILES string of the molecule is CCN(CC1CCC(C(=O)O)CC1)c1ccc(OC(F)(F)F)cc1CN(Cc1cc(C(F)(F)F)cc(C(F)(F)F)c1)c1noc(C)n1.Cl. The molecule has 1 N–H and O–H groups in total. The Labute approximate surface area is 275 Å². The fourth-order valence-corrected chi connectivity index (χ4v) is 5.65. The third-order valence-electron chi connectivity index (χ3n) is 7.86. The Kier molecular flexibility index (Phi) is 12.1. The average molecular weight is 719 g/mol. The van der Waals surface area contributed by atoms with Gasteiger partial charge in [0.1, 0.15) is 5.75 Å². The van der Waals surface area contributed by atoms with Crippen LogP contribution < -0.4 is 14.5 Å². The first-order valence-corrected chi connectivity index (χ1v) is 14.5. The third-order valence-corrected chi connectivity index (χ3v) is 7.86. The van der Waals surface area contributed by atoms with Crippen molar-refractivity contribution in [1.82, 2.24) is 10.1 Å². The van der Waals surface area contributed by atoms with Gasteiger partial charge in [-0.1, -0.05) is 0 Å². The highest BCUT2D eigenvalue weighted by Crippen LogP contribution is 2.38. The summed E-state index contributed by atoms with van der Waals surface area (Å²) in [6, 6.07) is 4.65. The van der Waals surface area contributed by atoms with Gasteiger partial charge in [0, 0.05) is 38.8 Å². The van der Waals surface area contributed by atoms with E-state index in [4.69, 9.17) is 4.52 Å². The number of rotatable bonds is 11. The van der Waals surface area contributed by atoms with Gasteiger partial charge in [-0.3, -0.25) is 4.79 Å². The minimum atomic E-state index is -5.11. The molecule has 1 saturated carbocycles. The largest absolute Gasteiger partial charge is 0.573 e. The maximum Gasteiger partial charge on any atom is 0.573 e. The van der Waals surface area contributed by atoms with Crippen molar-refractivity contribution < 1.29 is 58.7 Å². The van der Waals surface area contributed by atoms with E-state index in [2.05, 4.69) is 14.9 Å². The van der Waals surface area contributed by atoms with Crippen LogP contribution >= 0.6 is 12.4 Å². The van der Waals surface area contributed by atoms with E-state index in [9.17, 15) is 49.4 Å². The number of carboxylic acid groups (broad SMARTS) is 1. The Morgan fingerprint density at radius 2 is 1.52 bits per heavy atom. The van der Waals surface area contributed by atoms with Crippen LogP contribution in [0, 0.1) is 18.8 Å². The monoisotopic (exact) mass is 718 g/mol. The molecule has 48 heavy (non-hydrogen) atoms. The lowest BCUT2D eigenvalue weighted by atomic mass is 9.81. The number of hydrogen-bond acceptors (Lipinski definition) is 7. The standard InChI is InChI=1S/C30H31F9N4O4.ClH/c1-3-42(14-18-4-6-20(7-5-18)26(44)45)25-9-8-24(46-30(37,38)39)12-21(25)16-43(27-40-17(2)47-41-27)15-19-10-22(28(31,32)33)13-23(11-19)29(34,35)36;/h8-13,18,20H,3-7,14-16H2,1-2H3,(H,44,45);1H. The van der Waals surface area contributed by atoms with Gasteiger partial charge in [0.2, 0.25) is 5.89 Å². The maximum absolute atomic E-state index is 13.6. The topological polar surface area (TPSA) is 91.9 Å². The van der Waals surface area contributed by atoms with Gasteiger partial charge in [-0.05, 0) is 91.2 Å². The van der Waals surface area contributed by atoms with E-state index in [1.54, 1.807) is 6.92 Å². The second-order valence-corrected chi connectivity index (χ2v) is 11.3. The van der Waals surface area contributed by atoms with Crippen molar-refractivity contribution in [3.05, 3.63) is 64.5 Å². The predicted molar refractivity (Wildman–Crippen MR) is 157 cm³/mol. The highest BCUT2D eigenvalue weighted by Gasteiger charge is 2.37. The van der Waals surface area contributed by atoms with Gasteiger partial charge in [0.15, 0.2) is 0 Å². The molecule has 4 rings (SSSR count). The molecule has 1 aliphatic rings. The van der Waals surface area contributed by atoms with E-state index in [1.165, 1.54) is 17.9 Å². The molecule has 1 fully saturated rings. The average Bonchev–Trinajstić information content (AvgIpc) is 3.40. The summed E-state index contributed by atoms with van der Waals surface area (Å²) >= 11 is 0. The Morgan fingerprint density at radius 3 is 2.00 bits per heavy atom. The van der Waals surface area contributed by atoms with E-state index >= 15 is 0 Å². The van der Waals surface area contributed by atoms with Crippen molar-refractivity contribution in [3.8, 4) is 5.75 Å². The minimum Gasteiger partial charge on any atom is -0.481 e. The number of aliphatic carboxylic acids is 1. The summed E-state index contributed by atoms with van der Waals surface area (Å²) in [5, 5.41) is 13.1. The highest BCUT2D eigenvalue weighted by atomic mass is 35.5. The van der Waals surface area contributed by atoms with Crippen molar-refractivity contribution in [2.45, 2.75) is 71.3 Å². The fraction of sp³-hybridized carbons (Fsp3) is 0.500. The van der Waals surface area contributed by atoms with E-state index < -0.39 is 59.6 Å². The van der Waals surface area contributed by atoms with Crippen molar-refractivity contribution >= 4 is 30.0 Å². The molecule has 0 atom stereocenters.